The molecule has 2 heterocycles. The Morgan fingerprint density at radius 1 is 1.37 bits per heavy atom. The zero-order valence-corrected chi connectivity index (χ0v) is 16.0. The number of rotatable bonds is 6. The predicted molar refractivity (Wildman–Crippen MR) is 109 cm³/mol. The SMILES string of the molecule is CC1CC=Cc2c(CCNCc3ccc4sc(C(=O)NO)cc4c3)c[nH]c21. The van der Waals surface area contributed by atoms with Crippen LogP contribution in [-0.2, 0) is 13.0 Å². The molecule has 1 unspecified atom stereocenters. The number of thiophene rings is 1. The summed E-state index contributed by atoms with van der Waals surface area (Å²) >= 11 is 1.38. The van der Waals surface area contributed by atoms with Gasteiger partial charge in [0.25, 0.3) is 5.91 Å². The van der Waals surface area contributed by atoms with Crippen molar-refractivity contribution in [2.24, 2.45) is 0 Å². The Morgan fingerprint density at radius 3 is 3.11 bits per heavy atom. The van der Waals surface area contributed by atoms with Gasteiger partial charge in [0.2, 0.25) is 0 Å². The summed E-state index contributed by atoms with van der Waals surface area (Å²) in [5.41, 5.74) is 6.96. The van der Waals surface area contributed by atoms with E-state index in [4.69, 9.17) is 5.21 Å². The molecular weight excluding hydrogens is 358 g/mol. The van der Waals surface area contributed by atoms with Gasteiger partial charge in [0.15, 0.2) is 0 Å². The average Bonchev–Trinajstić information content (AvgIpc) is 3.29. The maximum atomic E-state index is 11.5. The number of benzene rings is 1. The first kappa shape index (κ1) is 18.0. The van der Waals surface area contributed by atoms with E-state index in [0.29, 0.717) is 10.8 Å². The van der Waals surface area contributed by atoms with Crippen LogP contribution >= 0.6 is 11.3 Å². The molecule has 4 N–H and O–H groups in total. The highest BCUT2D eigenvalue weighted by Gasteiger charge is 2.17. The first-order valence-electron chi connectivity index (χ1n) is 9.20. The van der Waals surface area contributed by atoms with Gasteiger partial charge in [-0.25, -0.2) is 5.48 Å². The highest BCUT2D eigenvalue weighted by Crippen LogP contribution is 2.31. The molecule has 0 spiro atoms. The fourth-order valence-corrected chi connectivity index (χ4v) is 4.57. The molecule has 0 aliphatic heterocycles. The third-order valence-corrected chi connectivity index (χ3v) is 6.23. The van der Waals surface area contributed by atoms with Gasteiger partial charge in [0.05, 0.1) is 4.88 Å². The van der Waals surface area contributed by atoms with Crippen molar-refractivity contribution < 1.29 is 10.0 Å². The highest BCUT2D eigenvalue weighted by atomic mass is 32.1. The van der Waals surface area contributed by atoms with E-state index in [9.17, 15) is 4.79 Å². The van der Waals surface area contributed by atoms with Gasteiger partial charge in [-0.3, -0.25) is 10.0 Å². The van der Waals surface area contributed by atoms with Crippen molar-refractivity contribution in [3.8, 4) is 0 Å². The van der Waals surface area contributed by atoms with Crippen LogP contribution in [0.5, 0.6) is 0 Å². The van der Waals surface area contributed by atoms with Crippen LogP contribution in [0.1, 0.15) is 51.3 Å². The zero-order chi connectivity index (χ0) is 18.8. The van der Waals surface area contributed by atoms with Crippen LogP contribution in [0.4, 0.5) is 0 Å². The number of amides is 1. The number of H-pyrrole nitrogens is 1. The van der Waals surface area contributed by atoms with Crippen LogP contribution in [0, 0.1) is 0 Å². The van der Waals surface area contributed by atoms with E-state index in [-0.39, 0.29) is 0 Å². The normalized spacial score (nSPS) is 15.9. The first-order valence-corrected chi connectivity index (χ1v) is 10.0. The van der Waals surface area contributed by atoms with E-state index in [2.05, 4.69) is 47.7 Å². The number of hydrogen-bond acceptors (Lipinski definition) is 4. The molecule has 1 atom stereocenters. The van der Waals surface area contributed by atoms with Gasteiger partial charge in [-0.1, -0.05) is 25.1 Å². The van der Waals surface area contributed by atoms with Crippen LogP contribution in [0.3, 0.4) is 0 Å². The van der Waals surface area contributed by atoms with Crippen LogP contribution in [0.25, 0.3) is 16.2 Å². The number of carbonyl (C=O) groups excluding carboxylic acids is 1. The van der Waals surface area contributed by atoms with E-state index in [1.165, 1.54) is 33.7 Å². The molecule has 27 heavy (non-hydrogen) atoms. The maximum Gasteiger partial charge on any atom is 0.284 e. The summed E-state index contributed by atoms with van der Waals surface area (Å²) in [6.45, 7) is 3.95. The summed E-state index contributed by atoms with van der Waals surface area (Å²) in [5.74, 6) is 0.107. The molecule has 4 rings (SSSR count). The second-order valence-electron chi connectivity index (χ2n) is 7.03. The van der Waals surface area contributed by atoms with Crippen molar-refractivity contribution in [1.82, 2.24) is 15.8 Å². The van der Waals surface area contributed by atoms with Crippen molar-refractivity contribution in [2.75, 3.05) is 6.54 Å². The molecule has 0 radical (unpaired) electrons. The Bertz CT molecular complexity index is 1000. The molecule has 1 aliphatic rings. The van der Waals surface area contributed by atoms with E-state index in [1.807, 2.05) is 12.1 Å². The lowest BCUT2D eigenvalue weighted by molar-refractivity contribution is 0.0711. The highest BCUT2D eigenvalue weighted by molar-refractivity contribution is 7.20. The number of allylic oxidation sites excluding steroid dienone is 1. The van der Waals surface area contributed by atoms with Gasteiger partial charge in [0.1, 0.15) is 0 Å². The van der Waals surface area contributed by atoms with Crippen molar-refractivity contribution in [3.63, 3.8) is 0 Å². The lowest BCUT2D eigenvalue weighted by atomic mass is 9.92. The number of hydroxylamine groups is 1. The molecule has 0 saturated heterocycles. The Morgan fingerprint density at radius 2 is 2.26 bits per heavy atom. The van der Waals surface area contributed by atoms with Gasteiger partial charge in [0, 0.05) is 29.1 Å². The van der Waals surface area contributed by atoms with Gasteiger partial charge < -0.3 is 10.3 Å². The number of aromatic nitrogens is 1. The first-order chi connectivity index (χ1) is 13.2. The maximum absolute atomic E-state index is 11.5. The molecule has 1 amide bonds. The molecule has 3 aromatic rings. The molecule has 0 saturated carbocycles. The zero-order valence-electron chi connectivity index (χ0n) is 15.2. The second kappa shape index (κ2) is 7.68. The monoisotopic (exact) mass is 381 g/mol. The molecule has 140 valence electrons. The molecule has 0 fully saturated rings. The fourth-order valence-electron chi connectivity index (χ4n) is 3.64. The standard InChI is InChI=1S/C21H23N3O2S/c1-13-3-2-4-17-15(12-23-20(13)17)7-8-22-11-14-5-6-18-16(9-14)10-19(27-18)21(25)24-26/h2,4-6,9-10,12-13,22-23,26H,3,7-8,11H2,1H3,(H,24,25). The molecule has 1 aromatic carbocycles. The van der Waals surface area contributed by atoms with Crippen molar-refractivity contribution in [2.45, 2.75) is 32.2 Å². The second-order valence-corrected chi connectivity index (χ2v) is 8.11. The summed E-state index contributed by atoms with van der Waals surface area (Å²) in [7, 11) is 0. The van der Waals surface area contributed by atoms with Crippen LogP contribution in [0.15, 0.2) is 36.5 Å². The molecule has 5 nitrogen and oxygen atoms in total. The van der Waals surface area contributed by atoms with E-state index < -0.39 is 5.91 Å². The lowest BCUT2D eigenvalue weighted by Crippen LogP contribution is -2.17. The molecule has 2 aromatic heterocycles. The molecule has 6 heteroatoms. The van der Waals surface area contributed by atoms with E-state index in [0.717, 1.165) is 36.0 Å². The van der Waals surface area contributed by atoms with Gasteiger partial charge in [-0.05, 0) is 59.7 Å². The smallest absolute Gasteiger partial charge is 0.284 e. The summed E-state index contributed by atoms with van der Waals surface area (Å²) in [5, 5.41) is 13.3. The Hall–Kier alpha value is -2.41. The van der Waals surface area contributed by atoms with Crippen molar-refractivity contribution in [3.05, 3.63) is 63.8 Å². The Labute approximate surface area is 162 Å². The number of carbonyl (C=O) groups is 1. The van der Waals surface area contributed by atoms with Crippen LogP contribution in [0.2, 0.25) is 0 Å². The molecular formula is C21H23N3O2S. The predicted octanol–water partition coefficient (Wildman–Crippen LogP) is 4.20. The quantitative estimate of drug-likeness (QED) is 0.294. The van der Waals surface area contributed by atoms with Crippen LogP contribution < -0.4 is 10.8 Å². The summed E-state index contributed by atoms with van der Waals surface area (Å²) in [6.07, 6.45) is 8.75. The third-order valence-electron chi connectivity index (χ3n) is 5.11. The third kappa shape index (κ3) is 3.69. The van der Waals surface area contributed by atoms with Crippen molar-refractivity contribution >= 4 is 33.4 Å². The van der Waals surface area contributed by atoms with Crippen molar-refractivity contribution in [1.29, 1.82) is 0 Å². The van der Waals surface area contributed by atoms with Gasteiger partial charge >= 0.3 is 0 Å². The molecule has 0 bridgehead atoms. The van der Waals surface area contributed by atoms with E-state index >= 15 is 0 Å². The van der Waals surface area contributed by atoms with Gasteiger partial charge in [-0.15, -0.1) is 11.3 Å². The number of fused-ring (bicyclic) bond motifs is 2. The lowest BCUT2D eigenvalue weighted by Gasteiger charge is -2.14. The van der Waals surface area contributed by atoms with Gasteiger partial charge in [-0.2, -0.15) is 0 Å². The fraction of sp³-hybridized carbons (Fsp3) is 0.286. The summed E-state index contributed by atoms with van der Waals surface area (Å²) in [6, 6.07) is 8.01. The largest absolute Gasteiger partial charge is 0.364 e. The number of aromatic amines is 1. The molecule has 1 aliphatic carbocycles. The minimum Gasteiger partial charge on any atom is -0.364 e. The summed E-state index contributed by atoms with van der Waals surface area (Å²) < 4.78 is 1.04. The van der Waals surface area contributed by atoms with Crippen LogP contribution in [-0.4, -0.2) is 22.6 Å². The summed E-state index contributed by atoms with van der Waals surface area (Å²) in [4.78, 5) is 15.5. The Balaban J connectivity index is 1.36. The number of hydrogen-bond donors (Lipinski definition) is 4. The minimum atomic E-state index is -0.464. The average molecular weight is 382 g/mol. The topological polar surface area (TPSA) is 77.2 Å². The Kier molecular flexibility index (Phi) is 5.11. The minimum absolute atomic E-state index is 0.464. The van der Waals surface area contributed by atoms with E-state index in [1.54, 1.807) is 5.48 Å². The number of nitrogens with one attached hydrogen (secondary N) is 3.